The standard InChI is InChI=1S/C22H33N4O6P/c1-13(2)6-16(21(28)25-17(7-14(3)4)22(29)23-5)11-33(31,32)12-19-20(27)8-15-9-24-10-18(15)26(19)30/h8-10,13-14,16-17,19H,6-7,11-12H2,1-5H3,(H2-,23,25,28,29,31,32)/p+1/t16?,17-,19?/m0/s1. The van der Waals surface area contributed by atoms with Gasteiger partial charge in [-0.2, -0.15) is 0 Å². The van der Waals surface area contributed by atoms with Crippen molar-refractivity contribution in [2.45, 2.75) is 52.6 Å². The third-order valence-corrected chi connectivity index (χ3v) is 7.46. The van der Waals surface area contributed by atoms with Crippen molar-refractivity contribution in [3.8, 4) is 0 Å². The molecule has 0 bridgehead atoms. The number of aliphatic imine (C=N–C) groups is 1. The van der Waals surface area contributed by atoms with E-state index in [1.165, 1.54) is 25.5 Å². The summed E-state index contributed by atoms with van der Waals surface area (Å²) in [5, 5.41) is 5.25. The van der Waals surface area contributed by atoms with Crippen molar-refractivity contribution in [1.29, 1.82) is 0 Å². The summed E-state index contributed by atoms with van der Waals surface area (Å²) >= 11 is 0. The molecule has 0 aromatic carbocycles. The van der Waals surface area contributed by atoms with Gasteiger partial charge in [0.1, 0.15) is 12.2 Å². The second kappa shape index (κ2) is 11.1. The fourth-order valence-corrected chi connectivity index (χ4v) is 6.03. The summed E-state index contributed by atoms with van der Waals surface area (Å²) < 4.78 is 13.5. The maximum Gasteiger partial charge on any atom is 0.283 e. The van der Waals surface area contributed by atoms with Crippen molar-refractivity contribution in [2.24, 2.45) is 22.7 Å². The lowest BCUT2D eigenvalue weighted by Gasteiger charge is -2.25. The molecule has 2 aliphatic rings. The predicted molar refractivity (Wildman–Crippen MR) is 125 cm³/mol. The largest absolute Gasteiger partial charge is 0.357 e. The summed E-state index contributed by atoms with van der Waals surface area (Å²) in [6, 6.07) is -2.11. The Morgan fingerprint density at radius 3 is 2.39 bits per heavy atom. The first-order chi connectivity index (χ1) is 15.3. The number of allylic oxidation sites excluding steroid dienone is 1. The van der Waals surface area contributed by atoms with Crippen LogP contribution >= 0.6 is 7.37 Å². The van der Waals surface area contributed by atoms with E-state index in [9.17, 15) is 28.7 Å². The van der Waals surface area contributed by atoms with Crippen molar-refractivity contribution >= 4 is 31.2 Å². The first-order valence-electron chi connectivity index (χ1n) is 11.1. The second-order valence-corrected chi connectivity index (χ2v) is 11.9. The van der Waals surface area contributed by atoms with E-state index in [1.807, 2.05) is 27.7 Å². The van der Waals surface area contributed by atoms with Crippen LogP contribution in [-0.2, 0) is 18.9 Å². The Hall–Kier alpha value is -2.45. The number of carbonyl (C=O) groups is 3. The van der Waals surface area contributed by atoms with Crippen LogP contribution in [0.4, 0.5) is 0 Å². The van der Waals surface area contributed by atoms with Gasteiger partial charge >= 0.3 is 0 Å². The van der Waals surface area contributed by atoms with Crippen molar-refractivity contribution < 1.29 is 28.6 Å². The van der Waals surface area contributed by atoms with Crippen LogP contribution in [0.25, 0.3) is 0 Å². The third kappa shape index (κ3) is 7.27. The first-order valence-corrected chi connectivity index (χ1v) is 13.2. The molecular formula is C22H34N4O6P+. The Labute approximate surface area is 194 Å². The van der Waals surface area contributed by atoms with Crippen molar-refractivity contribution in [1.82, 2.24) is 10.6 Å². The molecule has 0 fully saturated rings. The highest BCUT2D eigenvalue weighted by Gasteiger charge is 2.47. The molecule has 10 nitrogen and oxygen atoms in total. The molecule has 182 valence electrons. The Morgan fingerprint density at radius 2 is 1.82 bits per heavy atom. The number of nitroso groups, excluding NO2 is 1. The van der Waals surface area contributed by atoms with Crippen LogP contribution in [0.5, 0.6) is 0 Å². The number of hydrogen-bond acceptors (Lipinski definition) is 6. The molecule has 3 unspecified atom stereocenters. The number of hydrogen-bond donors (Lipinski definition) is 3. The maximum atomic E-state index is 13.1. The summed E-state index contributed by atoms with van der Waals surface area (Å²) in [6.07, 6.45) is 3.73. The van der Waals surface area contributed by atoms with E-state index < -0.39 is 43.2 Å². The normalized spacial score (nSPS) is 21.3. The predicted octanol–water partition coefficient (Wildman–Crippen LogP) is 1.78. The average Bonchev–Trinajstić information content (AvgIpc) is 3.17. The zero-order valence-electron chi connectivity index (χ0n) is 19.8. The van der Waals surface area contributed by atoms with Crippen LogP contribution in [0.2, 0.25) is 0 Å². The van der Waals surface area contributed by atoms with Crippen molar-refractivity contribution in [3.63, 3.8) is 0 Å². The number of rotatable bonds is 11. The highest BCUT2D eigenvalue weighted by molar-refractivity contribution is 7.58. The molecular weight excluding hydrogens is 447 g/mol. The molecule has 11 heteroatoms. The zero-order valence-corrected chi connectivity index (χ0v) is 20.7. The number of nitrogens with one attached hydrogen (secondary N) is 2. The Kier molecular flexibility index (Phi) is 9.03. The molecule has 4 atom stereocenters. The molecule has 0 aromatic rings. The Bertz CT molecular complexity index is 953. The number of carbonyl (C=O) groups excluding carboxylic acids is 3. The molecule has 0 aromatic heterocycles. The molecule has 0 saturated heterocycles. The topological polar surface area (TPSA) is 145 Å². The van der Waals surface area contributed by atoms with Crippen LogP contribution in [-0.4, -0.2) is 64.9 Å². The minimum Gasteiger partial charge on any atom is -0.357 e. The van der Waals surface area contributed by atoms with Gasteiger partial charge in [0.05, 0.1) is 16.5 Å². The quantitative estimate of drug-likeness (QED) is 0.303. The second-order valence-electron chi connectivity index (χ2n) is 9.48. The van der Waals surface area contributed by atoms with Gasteiger partial charge in [0, 0.05) is 36.3 Å². The van der Waals surface area contributed by atoms with E-state index in [0.717, 1.165) is 0 Å². The number of fused-ring (bicyclic) bond motifs is 1. The summed E-state index contributed by atoms with van der Waals surface area (Å²) in [7, 11) is -2.58. The van der Waals surface area contributed by atoms with E-state index in [2.05, 4.69) is 15.6 Å². The van der Waals surface area contributed by atoms with Gasteiger partial charge in [0.15, 0.2) is 0 Å². The summed E-state index contributed by atoms with van der Waals surface area (Å²) in [5.41, 5.74) is 0.555. The summed E-state index contributed by atoms with van der Waals surface area (Å²) in [5.74, 6) is -2.05. The van der Waals surface area contributed by atoms with Crippen molar-refractivity contribution in [3.05, 3.63) is 28.5 Å². The van der Waals surface area contributed by atoms with Crippen LogP contribution in [0.15, 0.2) is 28.5 Å². The zero-order chi connectivity index (χ0) is 24.9. The highest BCUT2D eigenvalue weighted by Crippen LogP contribution is 2.45. The third-order valence-electron chi connectivity index (χ3n) is 5.53. The van der Waals surface area contributed by atoms with E-state index in [1.54, 1.807) is 0 Å². The molecule has 0 saturated carbocycles. The van der Waals surface area contributed by atoms with Gasteiger partial charge in [0.25, 0.3) is 11.7 Å². The van der Waals surface area contributed by atoms with E-state index >= 15 is 0 Å². The lowest BCUT2D eigenvalue weighted by Crippen LogP contribution is -2.49. The first kappa shape index (κ1) is 26.8. The summed E-state index contributed by atoms with van der Waals surface area (Å²) in [4.78, 5) is 64.8. The molecule has 2 amide bonds. The van der Waals surface area contributed by atoms with Crippen LogP contribution in [0, 0.1) is 22.7 Å². The highest BCUT2D eigenvalue weighted by atomic mass is 31.2. The van der Waals surface area contributed by atoms with Gasteiger partial charge in [-0.3, -0.25) is 23.9 Å². The maximum absolute atomic E-state index is 13.1. The van der Waals surface area contributed by atoms with Crippen LogP contribution in [0.3, 0.4) is 0 Å². The van der Waals surface area contributed by atoms with Gasteiger partial charge in [-0.15, -0.1) is 0 Å². The minimum atomic E-state index is -4.06. The SMILES string of the molecule is CNC(=O)[C@H](CC(C)C)NC(=O)C(CC(C)C)CP(=O)(O)CC1C(=O)C=C2C=NC=C2[N+]1=O. The number of nitrogens with zero attached hydrogens (tertiary/aromatic N) is 2. The lowest BCUT2D eigenvalue weighted by molar-refractivity contribution is -0.517. The number of amides is 2. The van der Waals surface area contributed by atoms with Gasteiger partial charge in [-0.05, 0) is 24.7 Å². The Balaban J connectivity index is 2.16. The fourth-order valence-electron chi connectivity index (χ4n) is 4.01. The van der Waals surface area contributed by atoms with Crippen LogP contribution < -0.4 is 10.6 Å². The number of likely N-dealkylation sites (N-methyl/N-ethyl adjacent to an activating group) is 1. The number of ketones is 1. The molecule has 0 spiro atoms. The van der Waals surface area contributed by atoms with Gasteiger partial charge in [-0.1, -0.05) is 27.7 Å². The molecule has 2 rings (SSSR count). The average molecular weight is 482 g/mol. The lowest BCUT2D eigenvalue weighted by atomic mass is 9.96. The molecule has 33 heavy (non-hydrogen) atoms. The monoisotopic (exact) mass is 481 g/mol. The molecule has 2 heterocycles. The fraction of sp³-hybridized carbons (Fsp3) is 0.636. The molecule has 3 N–H and O–H groups in total. The molecule has 2 aliphatic heterocycles. The molecule has 0 aliphatic carbocycles. The van der Waals surface area contributed by atoms with E-state index in [0.29, 0.717) is 23.2 Å². The summed E-state index contributed by atoms with van der Waals surface area (Å²) in [6.45, 7) is 7.62. The van der Waals surface area contributed by atoms with E-state index in [4.69, 9.17) is 0 Å². The smallest absolute Gasteiger partial charge is 0.283 e. The van der Waals surface area contributed by atoms with E-state index in [-0.39, 0.29) is 29.6 Å². The molecule has 0 radical (unpaired) electrons. The minimum absolute atomic E-state index is 0.0444. The van der Waals surface area contributed by atoms with Gasteiger partial charge in [0.2, 0.25) is 25.0 Å². The van der Waals surface area contributed by atoms with Gasteiger partial charge in [-0.25, -0.2) is 0 Å². The van der Waals surface area contributed by atoms with Crippen LogP contribution in [0.1, 0.15) is 40.5 Å². The van der Waals surface area contributed by atoms with Crippen molar-refractivity contribution in [2.75, 3.05) is 19.4 Å². The van der Waals surface area contributed by atoms with Gasteiger partial charge < -0.3 is 15.5 Å². The Morgan fingerprint density at radius 1 is 1.18 bits per heavy atom.